The van der Waals surface area contributed by atoms with Crippen LogP contribution in [0.2, 0.25) is 5.02 Å². The van der Waals surface area contributed by atoms with Crippen molar-refractivity contribution >= 4 is 40.7 Å². The third-order valence-electron chi connectivity index (χ3n) is 3.06. The third-order valence-corrected chi connectivity index (χ3v) is 4.46. The first-order valence-electron chi connectivity index (χ1n) is 6.26. The van der Waals surface area contributed by atoms with Crippen LogP contribution in [0.1, 0.15) is 21.6 Å². The fourth-order valence-corrected chi connectivity index (χ4v) is 3.47. The minimum atomic E-state index is -0.618. The van der Waals surface area contributed by atoms with E-state index < -0.39 is 11.7 Å². The molecule has 1 amide bonds. The van der Waals surface area contributed by atoms with Crippen LogP contribution in [0.4, 0.5) is 5.69 Å². The first kappa shape index (κ1) is 14.1. The molecule has 0 bridgehead atoms. The van der Waals surface area contributed by atoms with Gasteiger partial charge in [-0.3, -0.25) is 9.59 Å². The fraction of sp³-hybridized carbons (Fsp3) is 0.133. The minimum Gasteiger partial charge on any atom is -0.318 e. The van der Waals surface area contributed by atoms with Crippen LogP contribution in [0.3, 0.4) is 0 Å². The second-order valence-electron chi connectivity index (χ2n) is 4.84. The predicted molar refractivity (Wildman–Crippen MR) is 82.2 cm³/mol. The minimum absolute atomic E-state index is 0.322. The number of amides is 1. The van der Waals surface area contributed by atoms with E-state index >= 15 is 0 Å². The van der Waals surface area contributed by atoms with Crippen molar-refractivity contribution in [2.45, 2.75) is 23.8 Å². The molecule has 4 nitrogen and oxygen atoms in total. The number of Topliss-reactive ketones (excluding diaryl/α,β-unsaturated/α-hetero) is 1. The normalized spacial score (nSPS) is 13.3. The Kier molecular flexibility index (Phi) is 3.47. The quantitative estimate of drug-likeness (QED) is 0.859. The number of anilines is 1. The monoisotopic (exact) mass is 318 g/mol. The molecule has 1 aliphatic heterocycles. The van der Waals surface area contributed by atoms with Gasteiger partial charge in [0.1, 0.15) is 5.03 Å². The van der Waals surface area contributed by atoms with Crippen molar-refractivity contribution in [2.75, 3.05) is 5.32 Å². The number of pyridine rings is 1. The zero-order chi connectivity index (χ0) is 15.1. The smallest absolute Gasteiger partial charge is 0.296 e. The zero-order valence-corrected chi connectivity index (χ0v) is 12.9. The molecule has 2 heterocycles. The second-order valence-corrected chi connectivity index (χ2v) is 6.31. The van der Waals surface area contributed by atoms with Gasteiger partial charge in [-0.15, -0.1) is 0 Å². The number of fused-ring (bicyclic) bond motifs is 1. The summed E-state index contributed by atoms with van der Waals surface area (Å²) in [6, 6.07) is 7.20. The van der Waals surface area contributed by atoms with Crippen LogP contribution in [-0.4, -0.2) is 16.7 Å². The maximum atomic E-state index is 11.6. The highest BCUT2D eigenvalue weighted by atomic mass is 35.5. The number of nitrogens with zero attached hydrogens (tertiary/aromatic N) is 1. The molecule has 0 unspecified atom stereocenters. The van der Waals surface area contributed by atoms with E-state index in [0.29, 0.717) is 16.3 Å². The van der Waals surface area contributed by atoms with Gasteiger partial charge >= 0.3 is 0 Å². The summed E-state index contributed by atoms with van der Waals surface area (Å²) in [5, 5.41) is 3.80. The molecule has 0 fully saturated rings. The number of ketones is 1. The van der Waals surface area contributed by atoms with E-state index in [1.165, 1.54) is 17.8 Å². The van der Waals surface area contributed by atoms with Crippen LogP contribution in [0.25, 0.3) is 0 Å². The summed E-state index contributed by atoms with van der Waals surface area (Å²) in [4.78, 5) is 28.2. The van der Waals surface area contributed by atoms with Crippen molar-refractivity contribution in [3.8, 4) is 0 Å². The summed E-state index contributed by atoms with van der Waals surface area (Å²) in [5.41, 5.74) is 2.87. The van der Waals surface area contributed by atoms with E-state index in [2.05, 4.69) is 10.3 Å². The SMILES string of the molecule is Cc1cc(C)nc(Sc2cc3c(cc2Cl)C(=O)C(=O)N3)c1. The summed E-state index contributed by atoms with van der Waals surface area (Å²) in [6.45, 7) is 3.93. The van der Waals surface area contributed by atoms with Gasteiger partial charge in [0, 0.05) is 10.6 Å². The molecule has 106 valence electrons. The summed E-state index contributed by atoms with van der Waals surface area (Å²) in [5.74, 6) is -1.17. The Bertz CT molecular complexity index is 769. The zero-order valence-electron chi connectivity index (χ0n) is 11.4. The number of aryl methyl sites for hydroxylation is 2. The molecule has 0 atom stereocenters. The van der Waals surface area contributed by atoms with Crippen molar-refractivity contribution in [3.63, 3.8) is 0 Å². The standard InChI is InChI=1S/C15H11ClN2O2S/c1-7-3-8(2)17-13(4-7)21-12-6-11-9(5-10(12)16)14(19)15(20)18-11/h3-6H,1-2H3,(H,18,19,20). The highest BCUT2D eigenvalue weighted by Gasteiger charge is 2.29. The van der Waals surface area contributed by atoms with Crippen molar-refractivity contribution in [2.24, 2.45) is 0 Å². The van der Waals surface area contributed by atoms with Crippen molar-refractivity contribution in [1.82, 2.24) is 4.98 Å². The van der Waals surface area contributed by atoms with Crippen LogP contribution in [0, 0.1) is 13.8 Å². The summed E-state index contributed by atoms with van der Waals surface area (Å²) in [6.07, 6.45) is 0. The molecule has 6 heteroatoms. The topological polar surface area (TPSA) is 59.1 Å². The van der Waals surface area contributed by atoms with Gasteiger partial charge in [0.05, 0.1) is 16.3 Å². The molecule has 1 aromatic carbocycles. The van der Waals surface area contributed by atoms with Crippen molar-refractivity contribution < 1.29 is 9.59 Å². The summed E-state index contributed by atoms with van der Waals surface area (Å²) in [7, 11) is 0. The molecule has 1 N–H and O–H groups in total. The summed E-state index contributed by atoms with van der Waals surface area (Å²) < 4.78 is 0. The van der Waals surface area contributed by atoms with Crippen LogP contribution in [0.15, 0.2) is 34.2 Å². The number of benzene rings is 1. The number of hydrogen-bond donors (Lipinski definition) is 1. The molecular formula is C15H11ClN2O2S. The molecule has 0 saturated heterocycles. The van der Waals surface area contributed by atoms with Crippen LogP contribution < -0.4 is 5.32 Å². The Morgan fingerprint density at radius 2 is 1.90 bits per heavy atom. The Morgan fingerprint density at radius 1 is 1.14 bits per heavy atom. The fourth-order valence-electron chi connectivity index (χ4n) is 2.19. The lowest BCUT2D eigenvalue weighted by Crippen LogP contribution is -2.12. The lowest BCUT2D eigenvalue weighted by molar-refractivity contribution is -0.112. The average molecular weight is 319 g/mol. The van der Waals surface area contributed by atoms with E-state index in [9.17, 15) is 9.59 Å². The van der Waals surface area contributed by atoms with E-state index in [1.54, 1.807) is 6.07 Å². The molecule has 0 radical (unpaired) electrons. The van der Waals surface area contributed by atoms with Crippen LogP contribution >= 0.6 is 23.4 Å². The first-order valence-corrected chi connectivity index (χ1v) is 7.46. The van der Waals surface area contributed by atoms with E-state index in [0.717, 1.165) is 21.2 Å². The lowest BCUT2D eigenvalue weighted by atomic mass is 10.1. The van der Waals surface area contributed by atoms with Gasteiger partial charge in [-0.2, -0.15) is 0 Å². The number of halogens is 1. The molecular weight excluding hydrogens is 308 g/mol. The Labute approximate surface area is 130 Å². The maximum absolute atomic E-state index is 11.6. The molecule has 2 aromatic rings. The lowest BCUT2D eigenvalue weighted by Gasteiger charge is -2.07. The highest BCUT2D eigenvalue weighted by Crippen LogP contribution is 2.38. The van der Waals surface area contributed by atoms with Gasteiger partial charge in [-0.1, -0.05) is 23.4 Å². The molecule has 0 spiro atoms. The average Bonchev–Trinajstić information content (AvgIpc) is 2.65. The number of carbonyl (C=O) groups is 2. The molecule has 0 aliphatic carbocycles. The van der Waals surface area contributed by atoms with Gasteiger partial charge in [0.15, 0.2) is 0 Å². The van der Waals surface area contributed by atoms with Gasteiger partial charge in [0.2, 0.25) is 0 Å². The van der Waals surface area contributed by atoms with Gasteiger partial charge < -0.3 is 5.32 Å². The number of rotatable bonds is 2. The molecule has 0 saturated carbocycles. The van der Waals surface area contributed by atoms with E-state index in [1.807, 2.05) is 26.0 Å². The number of aromatic nitrogens is 1. The molecule has 3 rings (SSSR count). The number of carbonyl (C=O) groups excluding carboxylic acids is 2. The Balaban J connectivity index is 1.99. The van der Waals surface area contributed by atoms with Crippen LogP contribution in [0.5, 0.6) is 0 Å². The maximum Gasteiger partial charge on any atom is 0.296 e. The Hall–Kier alpha value is -1.85. The molecule has 21 heavy (non-hydrogen) atoms. The van der Waals surface area contributed by atoms with Crippen LogP contribution in [-0.2, 0) is 4.79 Å². The van der Waals surface area contributed by atoms with E-state index in [-0.39, 0.29) is 0 Å². The number of nitrogens with one attached hydrogen (secondary N) is 1. The number of hydrogen-bond acceptors (Lipinski definition) is 4. The van der Waals surface area contributed by atoms with Gasteiger partial charge in [-0.05, 0) is 43.7 Å². The first-order chi connectivity index (χ1) is 9.94. The molecule has 1 aliphatic rings. The van der Waals surface area contributed by atoms with Gasteiger partial charge in [0.25, 0.3) is 11.7 Å². The van der Waals surface area contributed by atoms with Crippen molar-refractivity contribution in [3.05, 3.63) is 46.1 Å². The third kappa shape index (κ3) is 2.66. The van der Waals surface area contributed by atoms with Gasteiger partial charge in [-0.25, -0.2) is 4.98 Å². The highest BCUT2D eigenvalue weighted by molar-refractivity contribution is 7.99. The van der Waals surface area contributed by atoms with E-state index in [4.69, 9.17) is 11.6 Å². The predicted octanol–water partition coefficient (Wildman–Crippen LogP) is 3.64. The van der Waals surface area contributed by atoms with Crippen molar-refractivity contribution in [1.29, 1.82) is 0 Å². The second kappa shape index (κ2) is 5.16. The largest absolute Gasteiger partial charge is 0.318 e. The Morgan fingerprint density at radius 3 is 2.62 bits per heavy atom. The summed E-state index contributed by atoms with van der Waals surface area (Å²) >= 11 is 7.62. The molecule has 1 aromatic heterocycles.